The smallest absolute Gasteiger partial charge is 0.309 e. The molecule has 0 aromatic heterocycles. The standard InChI is InChI=1S/C11H14N2O4/c1-16-8-3-7(4-9(5-8)17-2)6-13-11(15)10(12)14/h3-5H,6H2,1-2H3,(H2,12,14)(H,13,15). The summed E-state index contributed by atoms with van der Waals surface area (Å²) in [4.78, 5) is 21.5. The van der Waals surface area contributed by atoms with Crippen LogP contribution in [0.1, 0.15) is 5.56 Å². The second-order valence-electron chi connectivity index (χ2n) is 3.27. The van der Waals surface area contributed by atoms with Crippen molar-refractivity contribution >= 4 is 11.8 Å². The molecule has 0 fully saturated rings. The summed E-state index contributed by atoms with van der Waals surface area (Å²) in [6, 6.07) is 5.16. The van der Waals surface area contributed by atoms with E-state index in [1.807, 2.05) is 0 Å². The Hall–Kier alpha value is -2.24. The van der Waals surface area contributed by atoms with Crippen molar-refractivity contribution in [2.45, 2.75) is 6.54 Å². The predicted molar refractivity (Wildman–Crippen MR) is 60.6 cm³/mol. The van der Waals surface area contributed by atoms with E-state index < -0.39 is 11.8 Å². The van der Waals surface area contributed by atoms with E-state index in [9.17, 15) is 9.59 Å². The Morgan fingerprint density at radius 3 is 2.12 bits per heavy atom. The summed E-state index contributed by atoms with van der Waals surface area (Å²) in [5, 5.41) is 2.38. The number of amides is 2. The molecule has 6 nitrogen and oxygen atoms in total. The van der Waals surface area contributed by atoms with Crippen LogP contribution in [0, 0.1) is 0 Å². The van der Waals surface area contributed by atoms with Crippen LogP contribution in [0.2, 0.25) is 0 Å². The fraction of sp³-hybridized carbons (Fsp3) is 0.273. The minimum atomic E-state index is -1.01. The number of nitrogens with one attached hydrogen (secondary N) is 1. The molecule has 0 saturated carbocycles. The fourth-order valence-electron chi connectivity index (χ4n) is 1.24. The average molecular weight is 238 g/mol. The summed E-state index contributed by atoms with van der Waals surface area (Å²) in [6.07, 6.45) is 0. The van der Waals surface area contributed by atoms with Gasteiger partial charge in [-0.15, -0.1) is 0 Å². The van der Waals surface area contributed by atoms with E-state index in [-0.39, 0.29) is 6.54 Å². The first-order chi connectivity index (χ1) is 8.06. The summed E-state index contributed by atoms with van der Waals surface area (Å²) in [6.45, 7) is 0.176. The lowest BCUT2D eigenvalue weighted by Gasteiger charge is -2.08. The maximum atomic E-state index is 11.0. The Balaban J connectivity index is 2.76. The third-order valence-electron chi connectivity index (χ3n) is 2.09. The van der Waals surface area contributed by atoms with E-state index >= 15 is 0 Å². The highest BCUT2D eigenvalue weighted by Gasteiger charge is 2.08. The third kappa shape index (κ3) is 3.67. The molecule has 1 aromatic carbocycles. The van der Waals surface area contributed by atoms with Crippen LogP contribution in [0.4, 0.5) is 0 Å². The number of ether oxygens (including phenoxy) is 2. The average Bonchev–Trinajstić information content (AvgIpc) is 2.35. The molecule has 2 amide bonds. The summed E-state index contributed by atoms with van der Waals surface area (Å²) in [7, 11) is 3.06. The van der Waals surface area contributed by atoms with Gasteiger partial charge < -0.3 is 20.5 Å². The molecular weight excluding hydrogens is 224 g/mol. The quantitative estimate of drug-likeness (QED) is 0.711. The Labute approximate surface area is 98.7 Å². The number of carbonyl (C=O) groups excluding carboxylic acids is 2. The number of nitrogens with two attached hydrogens (primary N) is 1. The molecule has 0 spiro atoms. The van der Waals surface area contributed by atoms with E-state index in [0.717, 1.165) is 5.56 Å². The Kier molecular flexibility index (Phi) is 4.33. The highest BCUT2D eigenvalue weighted by molar-refractivity contribution is 6.34. The van der Waals surface area contributed by atoms with Crippen molar-refractivity contribution in [1.29, 1.82) is 0 Å². The number of benzene rings is 1. The Bertz CT molecular complexity index is 409. The van der Waals surface area contributed by atoms with Gasteiger partial charge in [0.05, 0.1) is 14.2 Å². The molecule has 0 atom stereocenters. The second-order valence-corrected chi connectivity index (χ2v) is 3.27. The topological polar surface area (TPSA) is 90.6 Å². The van der Waals surface area contributed by atoms with Gasteiger partial charge in [0.15, 0.2) is 0 Å². The fourth-order valence-corrected chi connectivity index (χ4v) is 1.24. The van der Waals surface area contributed by atoms with Gasteiger partial charge in [0.25, 0.3) is 0 Å². The van der Waals surface area contributed by atoms with E-state index in [4.69, 9.17) is 15.2 Å². The van der Waals surface area contributed by atoms with Crippen molar-refractivity contribution in [1.82, 2.24) is 5.32 Å². The first-order valence-corrected chi connectivity index (χ1v) is 4.86. The minimum Gasteiger partial charge on any atom is -0.497 e. The molecule has 0 unspecified atom stereocenters. The van der Waals surface area contributed by atoms with Crippen molar-refractivity contribution in [3.05, 3.63) is 23.8 Å². The van der Waals surface area contributed by atoms with Crippen LogP contribution in [-0.4, -0.2) is 26.0 Å². The van der Waals surface area contributed by atoms with Crippen molar-refractivity contribution in [3.8, 4) is 11.5 Å². The summed E-state index contributed by atoms with van der Waals surface area (Å²) in [5.74, 6) is -0.632. The van der Waals surface area contributed by atoms with Crippen LogP contribution >= 0.6 is 0 Å². The third-order valence-corrected chi connectivity index (χ3v) is 2.09. The van der Waals surface area contributed by atoms with Gasteiger partial charge in [-0.2, -0.15) is 0 Å². The van der Waals surface area contributed by atoms with Crippen molar-refractivity contribution < 1.29 is 19.1 Å². The molecule has 17 heavy (non-hydrogen) atoms. The molecule has 1 rings (SSSR count). The number of methoxy groups -OCH3 is 2. The number of hydrogen-bond donors (Lipinski definition) is 2. The zero-order valence-electron chi connectivity index (χ0n) is 9.65. The molecule has 3 N–H and O–H groups in total. The molecule has 0 aliphatic rings. The van der Waals surface area contributed by atoms with Gasteiger partial charge in [-0.05, 0) is 17.7 Å². The molecule has 92 valence electrons. The number of rotatable bonds is 4. The molecule has 0 saturated heterocycles. The van der Waals surface area contributed by atoms with Crippen LogP contribution in [0.5, 0.6) is 11.5 Å². The van der Waals surface area contributed by atoms with Crippen molar-refractivity contribution in [3.63, 3.8) is 0 Å². The normalized spacial score (nSPS) is 9.53. The summed E-state index contributed by atoms with van der Waals surface area (Å²) < 4.78 is 10.1. The Morgan fingerprint density at radius 1 is 1.18 bits per heavy atom. The predicted octanol–water partition coefficient (Wildman–Crippen LogP) is -0.195. The molecule has 1 aromatic rings. The van der Waals surface area contributed by atoms with Gasteiger partial charge in [0.2, 0.25) is 0 Å². The van der Waals surface area contributed by atoms with E-state index in [1.54, 1.807) is 18.2 Å². The molecule has 0 aliphatic carbocycles. The largest absolute Gasteiger partial charge is 0.497 e. The number of primary amides is 1. The maximum Gasteiger partial charge on any atom is 0.309 e. The van der Waals surface area contributed by atoms with E-state index in [1.165, 1.54) is 14.2 Å². The lowest BCUT2D eigenvalue weighted by atomic mass is 10.2. The summed E-state index contributed by atoms with van der Waals surface area (Å²) >= 11 is 0. The van der Waals surface area contributed by atoms with Crippen LogP contribution in [0.25, 0.3) is 0 Å². The van der Waals surface area contributed by atoms with Crippen LogP contribution < -0.4 is 20.5 Å². The SMILES string of the molecule is COc1cc(CNC(=O)C(N)=O)cc(OC)c1. The van der Waals surface area contributed by atoms with Crippen LogP contribution in [0.15, 0.2) is 18.2 Å². The maximum absolute atomic E-state index is 11.0. The Morgan fingerprint density at radius 2 is 1.71 bits per heavy atom. The highest BCUT2D eigenvalue weighted by Crippen LogP contribution is 2.22. The number of hydrogen-bond acceptors (Lipinski definition) is 4. The van der Waals surface area contributed by atoms with Crippen LogP contribution in [-0.2, 0) is 16.1 Å². The van der Waals surface area contributed by atoms with Gasteiger partial charge >= 0.3 is 11.8 Å². The highest BCUT2D eigenvalue weighted by atomic mass is 16.5. The second kappa shape index (κ2) is 5.74. The van der Waals surface area contributed by atoms with Gasteiger partial charge in [-0.25, -0.2) is 0 Å². The van der Waals surface area contributed by atoms with Gasteiger partial charge in [-0.3, -0.25) is 9.59 Å². The first-order valence-electron chi connectivity index (χ1n) is 4.86. The molecule has 0 radical (unpaired) electrons. The van der Waals surface area contributed by atoms with Crippen molar-refractivity contribution in [2.24, 2.45) is 5.73 Å². The first kappa shape index (κ1) is 12.8. The summed E-state index contributed by atoms with van der Waals surface area (Å²) in [5.41, 5.74) is 5.56. The molecule has 0 aliphatic heterocycles. The van der Waals surface area contributed by atoms with Gasteiger partial charge in [-0.1, -0.05) is 0 Å². The van der Waals surface area contributed by atoms with Crippen LogP contribution in [0.3, 0.4) is 0 Å². The molecule has 6 heteroatoms. The number of carbonyl (C=O) groups is 2. The lowest BCUT2D eigenvalue weighted by molar-refractivity contribution is -0.137. The zero-order valence-corrected chi connectivity index (χ0v) is 9.65. The molecule has 0 heterocycles. The zero-order chi connectivity index (χ0) is 12.8. The van der Waals surface area contributed by atoms with E-state index in [0.29, 0.717) is 11.5 Å². The molecular formula is C11H14N2O4. The van der Waals surface area contributed by atoms with Gasteiger partial charge in [0.1, 0.15) is 11.5 Å². The van der Waals surface area contributed by atoms with Gasteiger partial charge in [0, 0.05) is 12.6 Å². The monoisotopic (exact) mass is 238 g/mol. The lowest BCUT2D eigenvalue weighted by Crippen LogP contribution is -2.35. The molecule has 0 bridgehead atoms. The minimum absolute atomic E-state index is 0.176. The van der Waals surface area contributed by atoms with Crippen molar-refractivity contribution in [2.75, 3.05) is 14.2 Å². The van der Waals surface area contributed by atoms with E-state index in [2.05, 4.69) is 5.32 Å².